The van der Waals surface area contributed by atoms with E-state index in [1.165, 1.54) is 16.0 Å². The van der Waals surface area contributed by atoms with Crippen LogP contribution in [0.3, 0.4) is 0 Å². The molecule has 0 spiro atoms. The van der Waals surface area contributed by atoms with Crippen LogP contribution in [0.5, 0.6) is 0 Å². The van der Waals surface area contributed by atoms with Gasteiger partial charge < -0.3 is 4.98 Å². The topological polar surface area (TPSA) is 45.8 Å². The molecule has 1 heterocycles. The number of aromatic amines is 1. The summed E-state index contributed by atoms with van der Waals surface area (Å²) in [5.41, 5.74) is 3.23. The van der Waals surface area contributed by atoms with Gasteiger partial charge >= 0.3 is 0 Å². The highest BCUT2D eigenvalue weighted by atomic mass is 32.2. The van der Waals surface area contributed by atoms with E-state index in [2.05, 4.69) is 48.9 Å². The lowest BCUT2D eigenvalue weighted by atomic mass is 10.1. The van der Waals surface area contributed by atoms with Gasteiger partial charge in [0.05, 0.1) is 16.2 Å². The third-order valence-corrected chi connectivity index (χ3v) is 4.91. The van der Waals surface area contributed by atoms with Gasteiger partial charge in [-0.15, -0.1) is 11.8 Å². The van der Waals surface area contributed by atoms with Gasteiger partial charge in [-0.05, 0) is 56.2 Å². The third kappa shape index (κ3) is 2.92. The minimum Gasteiger partial charge on any atom is -0.309 e. The summed E-state index contributed by atoms with van der Waals surface area (Å²) in [5.74, 6) is 0.715. The highest BCUT2D eigenvalue weighted by Gasteiger charge is 2.12. The molecule has 0 saturated heterocycles. The van der Waals surface area contributed by atoms with Gasteiger partial charge in [0.25, 0.3) is 5.56 Å². The smallest absolute Gasteiger partial charge is 0.258 e. The fourth-order valence-corrected chi connectivity index (χ4v) is 3.37. The Morgan fingerprint density at radius 1 is 1.09 bits per heavy atom. The number of nitrogens with zero attached hydrogens (tertiary/aromatic N) is 1. The van der Waals surface area contributed by atoms with Crippen LogP contribution in [0.4, 0.5) is 0 Å². The molecule has 112 valence electrons. The standard InChI is InChI=1S/C18H18N2OS/c1-11-8-9-14(10-12(11)2)22-13(3)17-19-16-7-5-4-6-15(16)18(21)20-17/h4-10,13H,1-3H3,(H,19,20,21). The van der Waals surface area contributed by atoms with Crippen molar-refractivity contribution in [3.63, 3.8) is 0 Å². The first-order valence-corrected chi connectivity index (χ1v) is 8.15. The number of nitrogens with one attached hydrogen (secondary N) is 1. The van der Waals surface area contributed by atoms with E-state index in [1.807, 2.05) is 18.2 Å². The summed E-state index contributed by atoms with van der Waals surface area (Å²) in [6, 6.07) is 13.8. The summed E-state index contributed by atoms with van der Waals surface area (Å²) in [4.78, 5) is 20.8. The molecule has 4 heteroatoms. The van der Waals surface area contributed by atoms with Crippen molar-refractivity contribution in [1.82, 2.24) is 9.97 Å². The van der Waals surface area contributed by atoms with Crippen LogP contribution in [0.2, 0.25) is 0 Å². The van der Waals surface area contributed by atoms with Crippen molar-refractivity contribution in [3.05, 3.63) is 69.8 Å². The maximum Gasteiger partial charge on any atom is 0.258 e. The summed E-state index contributed by atoms with van der Waals surface area (Å²) >= 11 is 1.70. The van der Waals surface area contributed by atoms with Crippen LogP contribution in [0.15, 0.2) is 52.2 Å². The SMILES string of the molecule is Cc1ccc(SC(C)c2nc3ccccc3c(=O)[nH]2)cc1C. The molecule has 2 aromatic carbocycles. The Hall–Kier alpha value is -2.07. The van der Waals surface area contributed by atoms with E-state index in [0.717, 1.165) is 5.52 Å². The van der Waals surface area contributed by atoms with Gasteiger partial charge in [0.2, 0.25) is 0 Å². The van der Waals surface area contributed by atoms with Gasteiger partial charge in [0.15, 0.2) is 0 Å². The number of fused-ring (bicyclic) bond motifs is 1. The van der Waals surface area contributed by atoms with E-state index in [1.54, 1.807) is 17.8 Å². The number of hydrogen-bond acceptors (Lipinski definition) is 3. The first kappa shape index (κ1) is 14.9. The van der Waals surface area contributed by atoms with E-state index in [4.69, 9.17) is 0 Å². The second-order valence-corrected chi connectivity index (χ2v) is 6.89. The second-order valence-electron chi connectivity index (χ2n) is 5.47. The van der Waals surface area contributed by atoms with Crippen LogP contribution in [-0.4, -0.2) is 9.97 Å². The molecule has 0 aliphatic rings. The Bertz CT molecular complexity index is 886. The lowest BCUT2D eigenvalue weighted by Gasteiger charge is -2.12. The highest BCUT2D eigenvalue weighted by molar-refractivity contribution is 7.99. The Morgan fingerprint density at radius 3 is 2.64 bits per heavy atom. The summed E-state index contributed by atoms with van der Waals surface area (Å²) in [5, 5.41) is 0.717. The molecule has 0 saturated carbocycles. The zero-order valence-corrected chi connectivity index (χ0v) is 13.7. The average Bonchev–Trinajstić information content (AvgIpc) is 2.51. The van der Waals surface area contributed by atoms with Crippen LogP contribution < -0.4 is 5.56 Å². The predicted molar refractivity (Wildman–Crippen MR) is 92.6 cm³/mol. The van der Waals surface area contributed by atoms with Crippen molar-refractivity contribution in [2.24, 2.45) is 0 Å². The van der Waals surface area contributed by atoms with E-state index in [0.29, 0.717) is 11.2 Å². The Kier molecular flexibility index (Phi) is 4.03. The second kappa shape index (κ2) is 5.97. The summed E-state index contributed by atoms with van der Waals surface area (Å²) in [6.07, 6.45) is 0. The number of H-pyrrole nitrogens is 1. The monoisotopic (exact) mass is 310 g/mol. The molecular weight excluding hydrogens is 292 g/mol. The molecule has 1 N–H and O–H groups in total. The summed E-state index contributed by atoms with van der Waals surface area (Å²) in [6.45, 7) is 6.28. The molecule has 22 heavy (non-hydrogen) atoms. The van der Waals surface area contributed by atoms with E-state index < -0.39 is 0 Å². The molecule has 0 amide bonds. The van der Waals surface area contributed by atoms with Gasteiger partial charge in [0.1, 0.15) is 5.82 Å². The molecular formula is C18H18N2OS. The normalized spacial score (nSPS) is 12.5. The maximum atomic E-state index is 12.2. The van der Waals surface area contributed by atoms with Crippen molar-refractivity contribution < 1.29 is 0 Å². The average molecular weight is 310 g/mol. The molecule has 1 unspecified atom stereocenters. The molecule has 0 fully saturated rings. The largest absolute Gasteiger partial charge is 0.309 e. The number of hydrogen-bond donors (Lipinski definition) is 1. The molecule has 1 atom stereocenters. The fraction of sp³-hybridized carbons (Fsp3) is 0.222. The highest BCUT2D eigenvalue weighted by Crippen LogP contribution is 2.33. The van der Waals surface area contributed by atoms with Crippen molar-refractivity contribution in [2.75, 3.05) is 0 Å². The minimum atomic E-state index is -0.0758. The predicted octanol–water partition coefficient (Wildman–Crippen LogP) is 4.39. The van der Waals surface area contributed by atoms with Gasteiger partial charge in [-0.2, -0.15) is 0 Å². The molecule has 0 aliphatic heterocycles. The molecule has 0 radical (unpaired) electrons. The van der Waals surface area contributed by atoms with Crippen LogP contribution >= 0.6 is 11.8 Å². The zero-order valence-electron chi connectivity index (χ0n) is 12.9. The number of rotatable bonds is 3. The number of benzene rings is 2. The van der Waals surface area contributed by atoms with Crippen LogP contribution in [0, 0.1) is 13.8 Å². The Morgan fingerprint density at radius 2 is 1.86 bits per heavy atom. The van der Waals surface area contributed by atoms with Crippen molar-refractivity contribution in [2.45, 2.75) is 30.9 Å². The first-order valence-electron chi connectivity index (χ1n) is 7.27. The number of para-hydroxylation sites is 1. The molecule has 3 rings (SSSR count). The Labute approximate surface area is 133 Å². The van der Waals surface area contributed by atoms with Gasteiger partial charge in [-0.25, -0.2) is 4.98 Å². The van der Waals surface area contributed by atoms with E-state index in [9.17, 15) is 4.79 Å². The van der Waals surface area contributed by atoms with E-state index >= 15 is 0 Å². The molecule has 3 nitrogen and oxygen atoms in total. The minimum absolute atomic E-state index is 0.0758. The lowest BCUT2D eigenvalue weighted by Crippen LogP contribution is -2.12. The van der Waals surface area contributed by atoms with Crippen LogP contribution in [-0.2, 0) is 0 Å². The molecule has 1 aromatic heterocycles. The summed E-state index contributed by atoms with van der Waals surface area (Å²) in [7, 11) is 0. The number of aromatic nitrogens is 2. The van der Waals surface area contributed by atoms with Gasteiger partial charge in [0, 0.05) is 4.90 Å². The zero-order chi connectivity index (χ0) is 15.7. The molecule has 0 aliphatic carbocycles. The van der Waals surface area contributed by atoms with Crippen LogP contribution in [0.1, 0.15) is 29.1 Å². The quantitative estimate of drug-likeness (QED) is 0.730. The van der Waals surface area contributed by atoms with Gasteiger partial charge in [-0.1, -0.05) is 18.2 Å². The lowest BCUT2D eigenvalue weighted by molar-refractivity contribution is 0.922. The Balaban J connectivity index is 1.93. The van der Waals surface area contributed by atoms with Crippen molar-refractivity contribution >= 4 is 22.7 Å². The maximum absolute atomic E-state index is 12.2. The van der Waals surface area contributed by atoms with E-state index in [-0.39, 0.29) is 10.8 Å². The van der Waals surface area contributed by atoms with Crippen molar-refractivity contribution in [1.29, 1.82) is 0 Å². The van der Waals surface area contributed by atoms with Gasteiger partial charge in [-0.3, -0.25) is 4.79 Å². The molecule has 3 aromatic rings. The first-order chi connectivity index (χ1) is 10.5. The fourth-order valence-electron chi connectivity index (χ4n) is 2.34. The van der Waals surface area contributed by atoms with Crippen molar-refractivity contribution in [3.8, 4) is 0 Å². The summed E-state index contributed by atoms with van der Waals surface area (Å²) < 4.78 is 0. The number of aryl methyl sites for hydroxylation is 2. The third-order valence-electron chi connectivity index (χ3n) is 3.81. The molecule has 0 bridgehead atoms. The number of thioether (sulfide) groups is 1. The van der Waals surface area contributed by atoms with Crippen LogP contribution in [0.25, 0.3) is 10.9 Å².